The molecule has 0 saturated carbocycles. The number of carbonyl (C=O) groups is 1. The molecule has 2 aromatic rings. The van der Waals surface area contributed by atoms with Crippen molar-refractivity contribution in [2.45, 2.75) is 58.8 Å². The van der Waals surface area contributed by atoms with Gasteiger partial charge in [0.25, 0.3) is 0 Å². The molecule has 1 fully saturated rings. The number of halogens is 1. The molecule has 4 rings (SSSR count). The molecule has 2 N–H and O–H groups in total. The third-order valence-corrected chi connectivity index (χ3v) is 5.92. The van der Waals surface area contributed by atoms with E-state index >= 15 is 0 Å². The van der Waals surface area contributed by atoms with Gasteiger partial charge in [-0.05, 0) is 50.9 Å². The number of nitrogens with one attached hydrogen (secondary N) is 2. The van der Waals surface area contributed by atoms with E-state index in [4.69, 9.17) is 9.84 Å². The Morgan fingerprint density at radius 2 is 2.27 bits per heavy atom. The Bertz CT molecular complexity index is 913. The van der Waals surface area contributed by atoms with Crippen LogP contribution in [0.3, 0.4) is 0 Å². The average molecular weight is 416 g/mol. The highest BCUT2D eigenvalue weighted by atomic mass is 19.1. The number of aromatic nitrogens is 2. The fraction of sp³-hybridized carbons (Fsp3) is 0.545. The second-order valence-corrected chi connectivity index (χ2v) is 8.13. The van der Waals surface area contributed by atoms with Gasteiger partial charge in [-0.25, -0.2) is 9.18 Å². The first kappa shape index (κ1) is 20.8. The van der Waals surface area contributed by atoms with E-state index in [-0.39, 0.29) is 17.9 Å². The molecule has 0 bridgehead atoms. The Kier molecular flexibility index (Phi) is 6.34. The maximum atomic E-state index is 13.7. The number of likely N-dealkylation sites (tertiary alicyclic amines) is 1. The molecule has 7 nitrogen and oxygen atoms in total. The molecule has 2 amide bonds. The van der Waals surface area contributed by atoms with Crippen LogP contribution in [0.1, 0.15) is 42.3 Å². The van der Waals surface area contributed by atoms with Gasteiger partial charge in [-0.3, -0.25) is 9.58 Å². The zero-order valence-electron chi connectivity index (χ0n) is 17.7. The molecule has 162 valence electrons. The number of hydrogen-bond acceptors (Lipinski definition) is 4. The summed E-state index contributed by atoms with van der Waals surface area (Å²) in [4.78, 5) is 14.7. The van der Waals surface area contributed by atoms with E-state index in [0.29, 0.717) is 17.9 Å². The molecule has 2 aliphatic rings. The number of amides is 2. The number of piperidine rings is 1. The van der Waals surface area contributed by atoms with Crippen LogP contribution in [-0.2, 0) is 30.9 Å². The second-order valence-electron chi connectivity index (χ2n) is 8.13. The topological polar surface area (TPSA) is 71.4 Å². The molecule has 0 aliphatic carbocycles. The molecule has 3 heterocycles. The zero-order valence-corrected chi connectivity index (χ0v) is 17.7. The van der Waals surface area contributed by atoms with Gasteiger partial charge in [0.15, 0.2) is 0 Å². The Hall–Kier alpha value is -2.45. The number of nitrogens with zero attached hydrogens (tertiary/aromatic N) is 3. The normalized spacial score (nSPS) is 19.4. The van der Waals surface area contributed by atoms with E-state index < -0.39 is 0 Å². The minimum absolute atomic E-state index is 0.0504. The van der Waals surface area contributed by atoms with Gasteiger partial charge in [-0.15, -0.1) is 0 Å². The average Bonchev–Trinajstić information content (AvgIpc) is 3.09. The van der Waals surface area contributed by atoms with Crippen molar-refractivity contribution in [3.8, 4) is 0 Å². The first-order valence-electron chi connectivity index (χ1n) is 10.7. The molecule has 1 unspecified atom stereocenters. The smallest absolute Gasteiger partial charge is 0.319 e. The highest BCUT2D eigenvalue weighted by molar-refractivity contribution is 5.89. The maximum Gasteiger partial charge on any atom is 0.319 e. The third-order valence-electron chi connectivity index (χ3n) is 5.92. The number of carbonyl (C=O) groups excluding carboxylic acids is 1. The Balaban J connectivity index is 1.35. The minimum atomic E-state index is -0.324. The molecule has 0 radical (unpaired) electrons. The SMILES string of the molecule is CCn1nc(CN2CCCC(NC(=O)Nc3ccc(C)c(F)c3)C2)c2c1CCOC2. The van der Waals surface area contributed by atoms with Gasteiger partial charge in [-0.2, -0.15) is 5.10 Å². The van der Waals surface area contributed by atoms with Crippen LogP contribution in [0, 0.1) is 12.7 Å². The van der Waals surface area contributed by atoms with Crippen LogP contribution in [-0.4, -0.2) is 46.4 Å². The molecular weight excluding hydrogens is 385 g/mol. The number of aryl methyl sites for hydroxylation is 2. The van der Waals surface area contributed by atoms with Crippen molar-refractivity contribution in [1.29, 1.82) is 0 Å². The van der Waals surface area contributed by atoms with E-state index in [2.05, 4.69) is 27.1 Å². The fourth-order valence-corrected chi connectivity index (χ4v) is 4.32. The highest BCUT2D eigenvalue weighted by Gasteiger charge is 2.26. The predicted molar refractivity (Wildman–Crippen MR) is 113 cm³/mol. The highest BCUT2D eigenvalue weighted by Crippen LogP contribution is 2.23. The van der Waals surface area contributed by atoms with Gasteiger partial charge >= 0.3 is 6.03 Å². The summed E-state index contributed by atoms with van der Waals surface area (Å²) in [6.07, 6.45) is 2.86. The van der Waals surface area contributed by atoms with Crippen molar-refractivity contribution < 1.29 is 13.9 Å². The summed E-state index contributed by atoms with van der Waals surface area (Å²) in [7, 11) is 0. The van der Waals surface area contributed by atoms with Gasteiger partial charge < -0.3 is 15.4 Å². The number of ether oxygens (including phenoxy) is 1. The van der Waals surface area contributed by atoms with Crippen molar-refractivity contribution >= 4 is 11.7 Å². The number of hydrogen-bond donors (Lipinski definition) is 2. The standard InChI is InChI=1S/C22H30FN5O2/c1-3-28-21-8-10-30-14-18(21)20(26-28)13-27-9-4-5-17(12-27)25-22(29)24-16-7-6-15(2)19(23)11-16/h6-7,11,17H,3-5,8-10,12-14H2,1-2H3,(H2,24,25,29). The monoisotopic (exact) mass is 415 g/mol. The van der Waals surface area contributed by atoms with Crippen LogP contribution in [0.2, 0.25) is 0 Å². The van der Waals surface area contributed by atoms with Crippen LogP contribution < -0.4 is 10.6 Å². The number of fused-ring (bicyclic) bond motifs is 1. The van der Waals surface area contributed by atoms with E-state index in [1.807, 2.05) is 0 Å². The number of urea groups is 1. The molecule has 2 aliphatic heterocycles. The van der Waals surface area contributed by atoms with Crippen molar-refractivity contribution in [3.05, 3.63) is 46.5 Å². The molecule has 1 atom stereocenters. The van der Waals surface area contributed by atoms with Crippen molar-refractivity contribution in [1.82, 2.24) is 20.0 Å². The summed E-state index contributed by atoms with van der Waals surface area (Å²) in [5, 5.41) is 10.6. The molecule has 0 spiro atoms. The van der Waals surface area contributed by atoms with Gasteiger partial charge in [0.1, 0.15) is 5.82 Å². The van der Waals surface area contributed by atoms with Crippen LogP contribution in [0.4, 0.5) is 14.9 Å². The van der Waals surface area contributed by atoms with Crippen molar-refractivity contribution in [3.63, 3.8) is 0 Å². The molecule has 30 heavy (non-hydrogen) atoms. The summed E-state index contributed by atoms with van der Waals surface area (Å²) < 4.78 is 21.5. The van der Waals surface area contributed by atoms with Crippen molar-refractivity contribution in [2.24, 2.45) is 0 Å². The Morgan fingerprint density at radius 1 is 1.40 bits per heavy atom. The lowest BCUT2D eigenvalue weighted by atomic mass is 10.0. The van der Waals surface area contributed by atoms with Crippen molar-refractivity contribution in [2.75, 3.05) is 25.0 Å². The van der Waals surface area contributed by atoms with Gasteiger partial charge in [0.2, 0.25) is 0 Å². The zero-order chi connectivity index (χ0) is 21.1. The summed E-state index contributed by atoms with van der Waals surface area (Å²) in [5.41, 5.74) is 4.64. The lowest BCUT2D eigenvalue weighted by molar-refractivity contribution is 0.107. The molecular formula is C22H30FN5O2. The van der Waals surface area contributed by atoms with E-state index in [1.54, 1.807) is 19.1 Å². The first-order valence-corrected chi connectivity index (χ1v) is 10.7. The first-order chi connectivity index (χ1) is 14.5. The Morgan fingerprint density at radius 3 is 3.07 bits per heavy atom. The molecule has 1 aromatic carbocycles. The lowest BCUT2D eigenvalue weighted by Crippen LogP contribution is -2.48. The second kappa shape index (κ2) is 9.14. The summed E-state index contributed by atoms with van der Waals surface area (Å²) in [6, 6.07) is 4.46. The van der Waals surface area contributed by atoms with Crippen LogP contribution >= 0.6 is 0 Å². The summed E-state index contributed by atoms with van der Waals surface area (Å²) in [6.45, 7) is 8.59. The number of benzene rings is 1. The summed E-state index contributed by atoms with van der Waals surface area (Å²) in [5.74, 6) is -0.324. The predicted octanol–water partition coefficient (Wildman–Crippen LogP) is 3.21. The Labute approximate surface area is 176 Å². The molecule has 8 heteroatoms. The van der Waals surface area contributed by atoms with Crippen LogP contribution in [0.25, 0.3) is 0 Å². The number of rotatable bonds is 5. The largest absolute Gasteiger partial charge is 0.376 e. The summed E-state index contributed by atoms with van der Waals surface area (Å²) >= 11 is 0. The number of anilines is 1. The van der Waals surface area contributed by atoms with Gasteiger partial charge in [0, 0.05) is 49.0 Å². The maximum absolute atomic E-state index is 13.7. The quantitative estimate of drug-likeness (QED) is 0.787. The van der Waals surface area contributed by atoms with Gasteiger partial charge in [0.05, 0.1) is 18.9 Å². The van der Waals surface area contributed by atoms with E-state index in [9.17, 15) is 9.18 Å². The lowest BCUT2D eigenvalue weighted by Gasteiger charge is -2.33. The third kappa shape index (κ3) is 4.65. The fourth-order valence-electron chi connectivity index (χ4n) is 4.32. The van der Waals surface area contributed by atoms with Gasteiger partial charge in [-0.1, -0.05) is 6.07 Å². The van der Waals surface area contributed by atoms with Crippen LogP contribution in [0.5, 0.6) is 0 Å². The molecule has 1 aromatic heterocycles. The molecule has 1 saturated heterocycles. The minimum Gasteiger partial charge on any atom is -0.376 e. The van der Waals surface area contributed by atoms with E-state index in [0.717, 1.165) is 57.7 Å². The van der Waals surface area contributed by atoms with Crippen LogP contribution in [0.15, 0.2) is 18.2 Å². The van der Waals surface area contributed by atoms with E-state index in [1.165, 1.54) is 17.3 Å².